The van der Waals surface area contributed by atoms with Gasteiger partial charge in [-0.2, -0.15) is 5.10 Å². The van der Waals surface area contributed by atoms with Crippen LogP contribution < -0.4 is 5.32 Å². The number of rotatable bonds is 7. The minimum Gasteiger partial charge on any atom is -0.313 e. The van der Waals surface area contributed by atoms with Crippen molar-refractivity contribution in [1.82, 2.24) is 15.1 Å². The van der Waals surface area contributed by atoms with E-state index in [4.69, 9.17) is 0 Å². The fourth-order valence-corrected chi connectivity index (χ4v) is 2.60. The average Bonchev–Trinajstić information content (AvgIpc) is 2.84. The van der Waals surface area contributed by atoms with E-state index in [0.717, 1.165) is 30.3 Å². The van der Waals surface area contributed by atoms with Crippen molar-refractivity contribution in [3.05, 3.63) is 52.3 Å². The molecule has 0 radical (unpaired) electrons. The third kappa shape index (κ3) is 4.76. The molecule has 3 nitrogen and oxygen atoms in total. The van der Waals surface area contributed by atoms with E-state index < -0.39 is 0 Å². The predicted octanol–water partition coefficient (Wildman–Crippen LogP) is 3.34. The molecule has 1 aromatic carbocycles. The highest BCUT2D eigenvalue weighted by atomic mass is 79.9. The lowest BCUT2D eigenvalue weighted by Crippen LogP contribution is -2.33. The van der Waals surface area contributed by atoms with E-state index in [-0.39, 0.29) is 0 Å². The smallest absolute Gasteiger partial charge is 0.0522 e. The molecule has 1 unspecified atom stereocenters. The average molecular weight is 336 g/mol. The molecule has 0 saturated carbocycles. The van der Waals surface area contributed by atoms with Crippen LogP contribution in [0.15, 0.2) is 41.1 Å². The van der Waals surface area contributed by atoms with Gasteiger partial charge in [0.05, 0.1) is 6.20 Å². The van der Waals surface area contributed by atoms with Crippen LogP contribution in [-0.4, -0.2) is 22.4 Å². The van der Waals surface area contributed by atoms with Crippen molar-refractivity contribution < 1.29 is 0 Å². The summed E-state index contributed by atoms with van der Waals surface area (Å²) in [4.78, 5) is 0. The Morgan fingerprint density at radius 1 is 1.20 bits per heavy atom. The van der Waals surface area contributed by atoms with Crippen molar-refractivity contribution >= 4 is 15.9 Å². The first-order valence-electron chi connectivity index (χ1n) is 7.12. The molecule has 1 atom stereocenters. The van der Waals surface area contributed by atoms with Crippen LogP contribution in [0, 0.1) is 0 Å². The van der Waals surface area contributed by atoms with E-state index in [1.54, 1.807) is 0 Å². The Labute approximate surface area is 129 Å². The van der Waals surface area contributed by atoms with Crippen LogP contribution in [0.25, 0.3) is 0 Å². The Morgan fingerprint density at radius 3 is 2.50 bits per heavy atom. The zero-order valence-corrected chi connectivity index (χ0v) is 13.7. The standard InChI is InChI=1S/C16H22BrN3/c1-3-8-18-16(10-14-11-19-20(2)12-14)9-13-4-6-15(17)7-5-13/h4-7,11-12,16,18H,3,8-10H2,1-2H3. The minimum atomic E-state index is 0.459. The van der Waals surface area contributed by atoms with Gasteiger partial charge in [0, 0.05) is 23.8 Å². The van der Waals surface area contributed by atoms with Gasteiger partial charge in [0.2, 0.25) is 0 Å². The topological polar surface area (TPSA) is 29.9 Å². The van der Waals surface area contributed by atoms with E-state index >= 15 is 0 Å². The number of nitrogens with zero attached hydrogens (tertiary/aromatic N) is 2. The maximum absolute atomic E-state index is 4.25. The second-order valence-electron chi connectivity index (χ2n) is 5.21. The SMILES string of the molecule is CCCNC(Cc1ccc(Br)cc1)Cc1cnn(C)c1. The van der Waals surface area contributed by atoms with Crippen molar-refractivity contribution in [3.63, 3.8) is 0 Å². The number of nitrogens with one attached hydrogen (secondary N) is 1. The molecular weight excluding hydrogens is 314 g/mol. The summed E-state index contributed by atoms with van der Waals surface area (Å²) in [7, 11) is 1.96. The first-order valence-corrected chi connectivity index (χ1v) is 7.92. The van der Waals surface area contributed by atoms with Gasteiger partial charge in [-0.1, -0.05) is 35.0 Å². The van der Waals surface area contributed by atoms with Crippen LogP contribution in [0.2, 0.25) is 0 Å². The summed E-state index contributed by atoms with van der Waals surface area (Å²) in [5, 5.41) is 7.89. The summed E-state index contributed by atoms with van der Waals surface area (Å²) in [6.07, 6.45) is 7.28. The maximum Gasteiger partial charge on any atom is 0.0522 e. The molecule has 1 aromatic heterocycles. The molecule has 2 aromatic rings. The van der Waals surface area contributed by atoms with Crippen molar-refractivity contribution in [1.29, 1.82) is 0 Å². The van der Waals surface area contributed by atoms with E-state index in [9.17, 15) is 0 Å². The molecule has 0 aliphatic heterocycles. The molecular formula is C16H22BrN3. The predicted molar refractivity (Wildman–Crippen MR) is 86.8 cm³/mol. The molecule has 4 heteroatoms. The van der Waals surface area contributed by atoms with Crippen molar-refractivity contribution in [2.75, 3.05) is 6.54 Å². The van der Waals surface area contributed by atoms with Crippen molar-refractivity contribution in [2.45, 2.75) is 32.2 Å². The van der Waals surface area contributed by atoms with Crippen LogP contribution in [0.3, 0.4) is 0 Å². The van der Waals surface area contributed by atoms with Crippen LogP contribution in [-0.2, 0) is 19.9 Å². The van der Waals surface area contributed by atoms with Crippen LogP contribution in [0.4, 0.5) is 0 Å². The molecule has 0 aliphatic carbocycles. The van der Waals surface area contributed by atoms with Crippen LogP contribution >= 0.6 is 15.9 Å². The van der Waals surface area contributed by atoms with Gasteiger partial charge in [-0.15, -0.1) is 0 Å². The van der Waals surface area contributed by atoms with Gasteiger partial charge < -0.3 is 5.32 Å². The summed E-state index contributed by atoms with van der Waals surface area (Å²) < 4.78 is 3.00. The summed E-state index contributed by atoms with van der Waals surface area (Å²) >= 11 is 3.48. The molecule has 108 valence electrons. The lowest BCUT2D eigenvalue weighted by Gasteiger charge is -2.18. The van der Waals surface area contributed by atoms with Gasteiger partial charge in [0.25, 0.3) is 0 Å². The Balaban J connectivity index is 2.00. The van der Waals surface area contributed by atoms with E-state index in [2.05, 4.69) is 63.7 Å². The highest BCUT2D eigenvalue weighted by Gasteiger charge is 2.11. The fraction of sp³-hybridized carbons (Fsp3) is 0.438. The Morgan fingerprint density at radius 2 is 1.90 bits per heavy atom. The summed E-state index contributed by atoms with van der Waals surface area (Å²) in [5.74, 6) is 0. The molecule has 0 amide bonds. The zero-order valence-electron chi connectivity index (χ0n) is 12.1. The number of aromatic nitrogens is 2. The molecule has 0 fully saturated rings. The number of aryl methyl sites for hydroxylation is 1. The quantitative estimate of drug-likeness (QED) is 0.840. The first kappa shape index (κ1) is 15.3. The normalized spacial score (nSPS) is 12.6. The minimum absolute atomic E-state index is 0.459. The first-order chi connectivity index (χ1) is 9.67. The number of halogens is 1. The number of hydrogen-bond acceptors (Lipinski definition) is 2. The van der Waals surface area contributed by atoms with Gasteiger partial charge in [-0.3, -0.25) is 4.68 Å². The molecule has 0 saturated heterocycles. The van der Waals surface area contributed by atoms with Crippen LogP contribution in [0.5, 0.6) is 0 Å². The number of hydrogen-bond donors (Lipinski definition) is 1. The zero-order chi connectivity index (χ0) is 14.4. The largest absolute Gasteiger partial charge is 0.313 e. The summed E-state index contributed by atoms with van der Waals surface area (Å²) in [5.41, 5.74) is 2.66. The van der Waals surface area contributed by atoms with Gasteiger partial charge in [-0.25, -0.2) is 0 Å². The van der Waals surface area contributed by atoms with Gasteiger partial charge in [-0.05, 0) is 49.1 Å². The van der Waals surface area contributed by atoms with E-state index in [1.165, 1.54) is 11.1 Å². The molecule has 0 bridgehead atoms. The second kappa shape index (κ2) is 7.60. The van der Waals surface area contributed by atoms with Gasteiger partial charge >= 0.3 is 0 Å². The molecule has 0 aliphatic rings. The third-order valence-corrected chi connectivity index (χ3v) is 3.85. The Kier molecular flexibility index (Phi) is 5.80. The molecule has 1 N–H and O–H groups in total. The summed E-state index contributed by atoms with van der Waals surface area (Å²) in [6, 6.07) is 9.05. The highest BCUT2D eigenvalue weighted by molar-refractivity contribution is 9.10. The van der Waals surface area contributed by atoms with Crippen LogP contribution in [0.1, 0.15) is 24.5 Å². The maximum atomic E-state index is 4.25. The molecule has 20 heavy (non-hydrogen) atoms. The lowest BCUT2D eigenvalue weighted by atomic mass is 10.0. The van der Waals surface area contributed by atoms with Gasteiger partial charge in [0.15, 0.2) is 0 Å². The Bertz CT molecular complexity index is 519. The molecule has 0 spiro atoms. The summed E-state index contributed by atoms with van der Waals surface area (Å²) in [6.45, 7) is 3.26. The van der Waals surface area contributed by atoms with E-state index in [1.807, 2.05) is 17.9 Å². The Hall–Kier alpha value is -1.13. The van der Waals surface area contributed by atoms with E-state index in [0.29, 0.717) is 6.04 Å². The van der Waals surface area contributed by atoms with Crippen molar-refractivity contribution in [3.8, 4) is 0 Å². The molecule has 2 rings (SSSR count). The monoisotopic (exact) mass is 335 g/mol. The second-order valence-corrected chi connectivity index (χ2v) is 6.12. The highest BCUT2D eigenvalue weighted by Crippen LogP contribution is 2.13. The fourth-order valence-electron chi connectivity index (χ4n) is 2.33. The third-order valence-electron chi connectivity index (χ3n) is 3.32. The molecule has 1 heterocycles. The van der Waals surface area contributed by atoms with Crippen molar-refractivity contribution in [2.24, 2.45) is 7.05 Å². The lowest BCUT2D eigenvalue weighted by molar-refractivity contribution is 0.504. The number of benzene rings is 1. The van der Waals surface area contributed by atoms with Gasteiger partial charge in [0.1, 0.15) is 0 Å².